The van der Waals surface area contributed by atoms with Gasteiger partial charge in [0.15, 0.2) is 0 Å². The molecule has 3 rings (SSSR count). The van der Waals surface area contributed by atoms with Crippen molar-refractivity contribution in [3.8, 4) is 12.1 Å². The number of anilines is 1. The lowest BCUT2D eigenvalue weighted by Crippen LogP contribution is -2.48. The quantitative estimate of drug-likeness (QED) is 0.672. The molecule has 1 aromatic heterocycles. The maximum atomic E-state index is 12.3. The molecule has 1 unspecified atom stereocenters. The zero-order chi connectivity index (χ0) is 23.3. The predicted octanol–water partition coefficient (Wildman–Crippen LogP) is 2.37. The number of hydrogen-bond acceptors (Lipinski definition) is 7. The van der Waals surface area contributed by atoms with Crippen molar-refractivity contribution in [3.05, 3.63) is 52.6 Å². The van der Waals surface area contributed by atoms with E-state index in [0.29, 0.717) is 60.1 Å². The number of pyridine rings is 1. The maximum Gasteiger partial charge on any atom is 0.235 e. The standard InChI is InChI=1S/C23H24N6O2S/c1-3-17-18(13-24)22(29-11-9-28(10-12-29)15(2)30)27-23(19(17)14-25)32-20(21(26)31)16-7-5-4-6-8-16/h4-8,20H,3,9-12H2,1-2H3,(H2,26,31). The van der Waals surface area contributed by atoms with Crippen LogP contribution in [0.5, 0.6) is 0 Å². The number of nitrogens with zero attached hydrogens (tertiary/aromatic N) is 5. The fourth-order valence-electron chi connectivity index (χ4n) is 3.76. The Morgan fingerprint density at radius 2 is 1.75 bits per heavy atom. The van der Waals surface area contributed by atoms with E-state index < -0.39 is 11.2 Å². The average Bonchev–Trinajstić information content (AvgIpc) is 2.81. The van der Waals surface area contributed by atoms with Crippen molar-refractivity contribution in [3.63, 3.8) is 0 Å². The van der Waals surface area contributed by atoms with Gasteiger partial charge in [-0.15, -0.1) is 0 Å². The van der Waals surface area contributed by atoms with Gasteiger partial charge in [-0.25, -0.2) is 4.98 Å². The summed E-state index contributed by atoms with van der Waals surface area (Å²) in [7, 11) is 0. The van der Waals surface area contributed by atoms with Crippen LogP contribution in [0.3, 0.4) is 0 Å². The second kappa shape index (κ2) is 10.2. The molecule has 1 fully saturated rings. The van der Waals surface area contributed by atoms with Crippen LogP contribution in [0.2, 0.25) is 0 Å². The lowest BCUT2D eigenvalue weighted by atomic mass is 10.0. The molecule has 8 nitrogen and oxygen atoms in total. The second-order valence-electron chi connectivity index (χ2n) is 7.35. The number of rotatable bonds is 6. The highest BCUT2D eigenvalue weighted by Crippen LogP contribution is 2.39. The molecule has 0 bridgehead atoms. The van der Waals surface area contributed by atoms with Gasteiger partial charge in [-0.3, -0.25) is 9.59 Å². The molecule has 0 radical (unpaired) electrons. The van der Waals surface area contributed by atoms with Crippen molar-refractivity contribution in [2.75, 3.05) is 31.1 Å². The van der Waals surface area contributed by atoms with E-state index in [1.807, 2.05) is 30.0 Å². The maximum absolute atomic E-state index is 12.3. The van der Waals surface area contributed by atoms with Gasteiger partial charge in [-0.05, 0) is 17.5 Å². The lowest BCUT2D eigenvalue weighted by molar-refractivity contribution is -0.129. The summed E-state index contributed by atoms with van der Waals surface area (Å²) in [6, 6.07) is 13.5. The van der Waals surface area contributed by atoms with Crippen molar-refractivity contribution in [1.82, 2.24) is 9.88 Å². The minimum atomic E-state index is -0.726. The summed E-state index contributed by atoms with van der Waals surface area (Å²) in [5.74, 6) is -0.0492. The van der Waals surface area contributed by atoms with Crippen LogP contribution in [-0.2, 0) is 16.0 Å². The first-order valence-corrected chi connectivity index (χ1v) is 11.2. The lowest BCUT2D eigenvalue weighted by Gasteiger charge is -2.35. The van der Waals surface area contributed by atoms with Crippen LogP contribution in [0.1, 0.15) is 41.4 Å². The van der Waals surface area contributed by atoms with Gasteiger partial charge in [-0.2, -0.15) is 10.5 Å². The largest absolute Gasteiger partial charge is 0.368 e. The van der Waals surface area contributed by atoms with Crippen LogP contribution in [-0.4, -0.2) is 47.9 Å². The summed E-state index contributed by atoms with van der Waals surface area (Å²) in [5.41, 5.74) is 7.67. The molecule has 1 aliphatic rings. The normalized spacial score (nSPS) is 14.4. The molecule has 0 spiro atoms. The first-order chi connectivity index (χ1) is 15.4. The summed E-state index contributed by atoms with van der Waals surface area (Å²) in [4.78, 5) is 32.3. The summed E-state index contributed by atoms with van der Waals surface area (Å²) in [6.45, 7) is 5.52. The minimum absolute atomic E-state index is 0.00981. The Labute approximate surface area is 191 Å². The molecule has 2 heterocycles. The Morgan fingerprint density at radius 3 is 2.25 bits per heavy atom. The van der Waals surface area contributed by atoms with Gasteiger partial charge < -0.3 is 15.5 Å². The van der Waals surface area contributed by atoms with E-state index in [-0.39, 0.29) is 5.91 Å². The Kier molecular flexibility index (Phi) is 7.34. The molecule has 0 aliphatic carbocycles. The van der Waals surface area contributed by atoms with E-state index >= 15 is 0 Å². The number of aromatic nitrogens is 1. The van der Waals surface area contributed by atoms with Crippen LogP contribution >= 0.6 is 11.8 Å². The Hall–Kier alpha value is -3.56. The summed E-state index contributed by atoms with van der Waals surface area (Å²) < 4.78 is 0. The summed E-state index contributed by atoms with van der Waals surface area (Å²) in [5, 5.41) is 19.4. The number of carbonyl (C=O) groups excluding carboxylic acids is 2. The Bertz CT molecular complexity index is 1100. The summed E-state index contributed by atoms with van der Waals surface area (Å²) >= 11 is 1.12. The van der Waals surface area contributed by atoms with E-state index in [9.17, 15) is 20.1 Å². The molecule has 32 heavy (non-hydrogen) atoms. The van der Waals surface area contributed by atoms with Crippen molar-refractivity contribution in [2.24, 2.45) is 5.73 Å². The van der Waals surface area contributed by atoms with Gasteiger partial charge in [0.2, 0.25) is 11.8 Å². The number of primary amides is 1. The topological polar surface area (TPSA) is 127 Å². The van der Waals surface area contributed by atoms with E-state index in [2.05, 4.69) is 12.1 Å². The minimum Gasteiger partial charge on any atom is -0.368 e. The molecule has 1 aliphatic heterocycles. The van der Waals surface area contributed by atoms with Crippen molar-refractivity contribution >= 4 is 29.4 Å². The third-order valence-corrected chi connectivity index (χ3v) is 6.70. The highest BCUT2D eigenvalue weighted by Gasteiger charge is 2.29. The number of amides is 2. The average molecular weight is 449 g/mol. The third-order valence-electron chi connectivity index (χ3n) is 5.44. The molecule has 1 saturated heterocycles. The van der Waals surface area contributed by atoms with Crippen LogP contribution in [0.4, 0.5) is 5.82 Å². The number of nitriles is 2. The van der Waals surface area contributed by atoms with Crippen molar-refractivity contribution < 1.29 is 9.59 Å². The van der Waals surface area contributed by atoms with E-state index in [4.69, 9.17) is 10.7 Å². The number of nitrogens with two attached hydrogens (primary N) is 1. The van der Waals surface area contributed by atoms with E-state index in [1.54, 1.807) is 17.0 Å². The van der Waals surface area contributed by atoms with Crippen LogP contribution in [0.15, 0.2) is 35.4 Å². The summed E-state index contributed by atoms with van der Waals surface area (Å²) in [6.07, 6.45) is 0.467. The van der Waals surface area contributed by atoms with Gasteiger partial charge in [0, 0.05) is 33.1 Å². The molecule has 1 atom stereocenters. The van der Waals surface area contributed by atoms with E-state index in [1.165, 1.54) is 6.92 Å². The van der Waals surface area contributed by atoms with Crippen LogP contribution < -0.4 is 10.6 Å². The zero-order valence-corrected chi connectivity index (χ0v) is 18.9. The molecule has 2 aromatic rings. The van der Waals surface area contributed by atoms with Crippen LogP contribution in [0, 0.1) is 22.7 Å². The number of benzene rings is 1. The van der Waals surface area contributed by atoms with Crippen LogP contribution in [0.25, 0.3) is 0 Å². The molecule has 0 saturated carbocycles. The highest BCUT2D eigenvalue weighted by molar-refractivity contribution is 8.00. The van der Waals surface area contributed by atoms with Gasteiger partial charge in [0.1, 0.15) is 28.2 Å². The number of hydrogen-bond donors (Lipinski definition) is 1. The third kappa shape index (κ3) is 4.68. The van der Waals surface area contributed by atoms with Gasteiger partial charge in [0.05, 0.1) is 11.1 Å². The molecule has 1 aromatic carbocycles. The van der Waals surface area contributed by atoms with Gasteiger partial charge >= 0.3 is 0 Å². The van der Waals surface area contributed by atoms with Gasteiger partial charge in [-0.1, -0.05) is 49.0 Å². The van der Waals surface area contributed by atoms with Crippen molar-refractivity contribution in [2.45, 2.75) is 30.5 Å². The second-order valence-corrected chi connectivity index (χ2v) is 8.44. The molecule has 9 heteroatoms. The SMILES string of the molecule is CCc1c(C#N)c(SC(C(N)=O)c2ccccc2)nc(N2CCN(C(C)=O)CC2)c1C#N. The molecular weight excluding hydrogens is 424 g/mol. The fourth-order valence-corrected chi connectivity index (χ4v) is 4.82. The first-order valence-electron chi connectivity index (χ1n) is 10.3. The Balaban J connectivity index is 2.07. The smallest absolute Gasteiger partial charge is 0.235 e. The van der Waals surface area contributed by atoms with Crippen molar-refractivity contribution in [1.29, 1.82) is 10.5 Å². The molecule has 164 valence electrons. The predicted molar refractivity (Wildman–Crippen MR) is 122 cm³/mol. The number of carbonyl (C=O) groups is 2. The van der Waals surface area contributed by atoms with E-state index in [0.717, 1.165) is 17.3 Å². The van der Waals surface area contributed by atoms with Gasteiger partial charge in [0.25, 0.3) is 0 Å². The molecular formula is C23H24N6O2S. The molecule has 2 N–H and O–H groups in total. The first kappa shape index (κ1) is 23.1. The Morgan fingerprint density at radius 1 is 1.12 bits per heavy atom. The monoisotopic (exact) mass is 448 g/mol. The highest BCUT2D eigenvalue weighted by atomic mass is 32.2. The number of thioether (sulfide) groups is 1. The zero-order valence-electron chi connectivity index (χ0n) is 18.0. The number of piperazine rings is 1. The molecule has 2 amide bonds. The fraction of sp³-hybridized carbons (Fsp3) is 0.348.